The molecule has 104 valence electrons. The van der Waals surface area contributed by atoms with Crippen LogP contribution in [0, 0.1) is 11.8 Å². The van der Waals surface area contributed by atoms with Crippen LogP contribution in [0.15, 0.2) is 24.3 Å². The van der Waals surface area contributed by atoms with Gasteiger partial charge >= 0.3 is 0 Å². The molecule has 0 spiro atoms. The van der Waals surface area contributed by atoms with E-state index in [4.69, 9.17) is 9.84 Å². The summed E-state index contributed by atoms with van der Waals surface area (Å²) in [5.74, 6) is 6.75. The summed E-state index contributed by atoms with van der Waals surface area (Å²) in [5.41, 5.74) is 0.945. The molecular weight excluding hydrogens is 238 g/mol. The van der Waals surface area contributed by atoms with Crippen molar-refractivity contribution < 1.29 is 9.84 Å². The Morgan fingerprint density at radius 1 is 1.26 bits per heavy atom. The molecule has 0 saturated carbocycles. The van der Waals surface area contributed by atoms with Crippen LogP contribution in [0.25, 0.3) is 0 Å². The lowest BCUT2D eigenvalue weighted by atomic mass is 10.2. The fourth-order valence-electron chi connectivity index (χ4n) is 1.42. The number of rotatable bonds is 6. The lowest BCUT2D eigenvalue weighted by molar-refractivity contribution is 0.208. The predicted octanol–water partition coefficient (Wildman–Crippen LogP) is 2.14. The average molecular weight is 261 g/mol. The molecule has 0 fully saturated rings. The molecule has 1 aromatic carbocycles. The first-order valence-corrected chi connectivity index (χ1v) is 6.66. The normalized spacial score (nSPS) is 10.4. The number of nitrogens with zero attached hydrogens (tertiary/aromatic N) is 1. The summed E-state index contributed by atoms with van der Waals surface area (Å²) in [5, 5.41) is 8.64. The molecule has 0 aliphatic rings. The van der Waals surface area contributed by atoms with Gasteiger partial charge in [-0.3, -0.25) is 0 Å². The van der Waals surface area contributed by atoms with Gasteiger partial charge in [0.1, 0.15) is 12.4 Å². The van der Waals surface area contributed by atoms with E-state index in [-0.39, 0.29) is 6.61 Å². The molecule has 3 heteroatoms. The first kappa shape index (κ1) is 15.6. The van der Waals surface area contributed by atoms with E-state index in [2.05, 4.69) is 37.6 Å². The van der Waals surface area contributed by atoms with E-state index in [9.17, 15) is 0 Å². The Hall–Kier alpha value is -1.50. The lowest BCUT2D eigenvalue weighted by Gasteiger charge is -2.20. The van der Waals surface area contributed by atoms with Crippen molar-refractivity contribution in [1.29, 1.82) is 0 Å². The smallest absolute Gasteiger partial charge is 0.119 e. The van der Waals surface area contributed by atoms with Crippen molar-refractivity contribution in [2.24, 2.45) is 0 Å². The third kappa shape index (κ3) is 6.28. The maximum atomic E-state index is 8.64. The minimum atomic E-state index is 0.109. The second-order valence-electron chi connectivity index (χ2n) is 4.72. The van der Waals surface area contributed by atoms with Crippen molar-refractivity contribution in [3.8, 4) is 17.6 Å². The van der Waals surface area contributed by atoms with Gasteiger partial charge in [0, 0.05) is 24.6 Å². The molecule has 0 unspecified atom stereocenters. The number of aliphatic hydroxyl groups excluding tert-OH is 1. The number of likely N-dealkylation sites (N-methyl/N-ethyl adjacent to an activating group) is 1. The second-order valence-corrected chi connectivity index (χ2v) is 4.72. The predicted molar refractivity (Wildman–Crippen MR) is 78.3 cm³/mol. The van der Waals surface area contributed by atoms with Crippen molar-refractivity contribution in [2.45, 2.75) is 26.3 Å². The molecule has 1 aromatic rings. The van der Waals surface area contributed by atoms with Gasteiger partial charge in [-0.25, -0.2) is 0 Å². The highest BCUT2D eigenvalue weighted by molar-refractivity contribution is 5.38. The number of hydrogen-bond acceptors (Lipinski definition) is 3. The van der Waals surface area contributed by atoms with Crippen molar-refractivity contribution in [3.63, 3.8) is 0 Å². The molecule has 3 nitrogen and oxygen atoms in total. The van der Waals surface area contributed by atoms with Gasteiger partial charge in [-0.15, -0.1) is 0 Å². The molecule has 1 N–H and O–H groups in total. The van der Waals surface area contributed by atoms with Gasteiger partial charge in [0.15, 0.2) is 0 Å². The topological polar surface area (TPSA) is 32.7 Å². The highest BCUT2D eigenvalue weighted by Crippen LogP contribution is 2.11. The highest BCUT2D eigenvalue weighted by atomic mass is 16.5. The van der Waals surface area contributed by atoms with E-state index >= 15 is 0 Å². The third-order valence-electron chi connectivity index (χ3n) is 2.92. The van der Waals surface area contributed by atoms with Crippen LogP contribution in [0.4, 0.5) is 0 Å². The molecule has 0 aliphatic heterocycles. The number of aliphatic hydroxyl groups is 1. The van der Waals surface area contributed by atoms with E-state index in [0.29, 0.717) is 19.1 Å². The van der Waals surface area contributed by atoms with Crippen molar-refractivity contribution in [3.05, 3.63) is 29.8 Å². The molecule has 0 saturated heterocycles. The van der Waals surface area contributed by atoms with Gasteiger partial charge in [-0.05, 0) is 45.2 Å². The van der Waals surface area contributed by atoms with Gasteiger partial charge in [0.05, 0.1) is 6.61 Å². The van der Waals surface area contributed by atoms with Gasteiger partial charge < -0.3 is 14.7 Å². The fraction of sp³-hybridized carbons (Fsp3) is 0.500. The molecule has 0 aromatic heterocycles. The zero-order valence-electron chi connectivity index (χ0n) is 12.0. The van der Waals surface area contributed by atoms with Crippen LogP contribution in [0.2, 0.25) is 0 Å². The summed E-state index contributed by atoms with van der Waals surface area (Å²) in [4.78, 5) is 2.24. The van der Waals surface area contributed by atoms with Crippen LogP contribution in [-0.2, 0) is 0 Å². The van der Waals surface area contributed by atoms with E-state index < -0.39 is 0 Å². The quantitative estimate of drug-likeness (QED) is 0.796. The molecule has 0 atom stereocenters. The third-order valence-corrected chi connectivity index (χ3v) is 2.92. The monoisotopic (exact) mass is 261 g/mol. The van der Waals surface area contributed by atoms with Crippen molar-refractivity contribution >= 4 is 0 Å². The summed E-state index contributed by atoms with van der Waals surface area (Å²) in [6.07, 6.45) is 0.514. The summed E-state index contributed by atoms with van der Waals surface area (Å²) >= 11 is 0. The summed E-state index contributed by atoms with van der Waals surface area (Å²) in [7, 11) is 2.09. The van der Waals surface area contributed by atoms with Gasteiger partial charge in [-0.1, -0.05) is 11.8 Å². The minimum absolute atomic E-state index is 0.109. The van der Waals surface area contributed by atoms with Gasteiger partial charge in [0.2, 0.25) is 0 Å². The van der Waals surface area contributed by atoms with Crippen LogP contribution in [0.3, 0.4) is 0 Å². The number of hydrogen-bond donors (Lipinski definition) is 1. The number of ether oxygens (including phenoxy) is 1. The van der Waals surface area contributed by atoms with Crippen LogP contribution >= 0.6 is 0 Å². The molecule has 0 heterocycles. The Balaban J connectivity index is 2.39. The maximum absolute atomic E-state index is 8.64. The molecule has 0 aliphatic carbocycles. The van der Waals surface area contributed by atoms with E-state index in [0.717, 1.165) is 17.9 Å². The van der Waals surface area contributed by atoms with E-state index in [1.165, 1.54) is 0 Å². The molecule has 0 bridgehead atoms. The van der Waals surface area contributed by atoms with Crippen molar-refractivity contribution in [1.82, 2.24) is 4.90 Å². The Morgan fingerprint density at radius 3 is 2.53 bits per heavy atom. The van der Waals surface area contributed by atoms with Crippen molar-refractivity contribution in [2.75, 3.05) is 26.8 Å². The Kier molecular flexibility index (Phi) is 7.02. The van der Waals surface area contributed by atoms with E-state index in [1.807, 2.05) is 24.3 Å². The lowest BCUT2D eigenvalue weighted by Crippen LogP contribution is -2.30. The molecule has 0 amide bonds. The summed E-state index contributed by atoms with van der Waals surface area (Å²) in [6, 6.07) is 8.27. The van der Waals surface area contributed by atoms with Crippen LogP contribution in [0.1, 0.15) is 25.8 Å². The Morgan fingerprint density at radius 2 is 1.95 bits per heavy atom. The first-order valence-electron chi connectivity index (χ1n) is 6.66. The number of benzene rings is 1. The molecule has 0 radical (unpaired) electrons. The van der Waals surface area contributed by atoms with Gasteiger partial charge in [0.25, 0.3) is 0 Å². The molecule has 19 heavy (non-hydrogen) atoms. The Labute approximate surface area is 116 Å². The minimum Gasteiger partial charge on any atom is -0.492 e. The SMILES string of the molecule is CC(C)N(C)CCOc1ccc(C#CCCO)cc1. The van der Waals surface area contributed by atoms with Crippen LogP contribution in [0.5, 0.6) is 5.75 Å². The average Bonchev–Trinajstić information content (AvgIpc) is 2.40. The fourth-order valence-corrected chi connectivity index (χ4v) is 1.42. The Bertz CT molecular complexity index is 415. The standard InChI is InChI=1S/C16H23NO2/c1-14(2)17(3)11-13-19-16-9-7-15(8-10-16)6-4-5-12-18/h7-10,14,18H,5,11-13H2,1-3H3. The largest absolute Gasteiger partial charge is 0.492 e. The zero-order valence-corrected chi connectivity index (χ0v) is 12.0. The maximum Gasteiger partial charge on any atom is 0.119 e. The van der Waals surface area contributed by atoms with Crippen LogP contribution in [-0.4, -0.2) is 42.9 Å². The van der Waals surface area contributed by atoms with Gasteiger partial charge in [-0.2, -0.15) is 0 Å². The molecular formula is C16H23NO2. The second kappa shape index (κ2) is 8.58. The van der Waals surface area contributed by atoms with Crippen LogP contribution < -0.4 is 4.74 Å². The highest BCUT2D eigenvalue weighted by Gasteiger charge is 2.02. The van der Waals surface area contributed by atoms with E-state index in [1.54, 1.807) is 0 Å². The first-order chi connectivity index (χ1) is 9.13. The summed E-state index contributed by atoms with van der Waals surface area (Å²) < 4.78 is 5.68. The summed E-state index contributed by atoms with van der Waals surface area (Å²) in [6.45, 7) is 6.04. The molecule has 1 rings (SSSR count). The zero-order chi connectivity index (χ0) is 14.1.